The van der Waals surface area contributed by atoms with Crippen molar-refractivity contribution >= 4 is 17.1 Å². The van der Waals surface area contributed by atoms with Gasteiger partial charge < -0.3 is 19.1 Å². The Morgan fingerprint density at radius 3 is 2.47 bits per heavy atom. The highest BCUT2D eigenvalue weighted by Crippen LogP contribution is 2.34. The number of ether oxygens (including phenoxy) is 2. The summed E-state index contributed by atoms with van der Waals surface area (Å²) in [6, 6.07) is 11.9. The molecule has 5 nitrogen and oxygen atoms in total. The predicted octanol–water partition coefficient (Wildman–Crippen LogP) is 6.62. The highest BCUT2D eigenvalue weighted by molar-refractivity contribution is 5.88. The second-order valence-electron chi connectivity index (χ2n) is 7.35. The van der Waals surface area contributed by atoms with Gasteiger partial charge in [-0.15, -0.1) is 0 Å². The maximum atomic E-state index is 13.9. The number of fused-ring (bicyclic) bond motifs is 1. The number of benzene rings is 3. The zero-order valence-electron chi connectivity index (χ0n) is 17.3. The minimum absolute atomic E-state index is 0.0523. The number of nitrogens with zero attached hydrogens (tertiary/aromatic N) is 1. The predicted molar refractivity (Wildman–Crippen MR) is 112 cm³/mol. The van der Waals surface area contributed by atoms with Gasteiger partial charge in [-0.3, -0.25) is 0 Å². The molecule has 10 heteroatoms. The van der Waals surface area contributed by atoms with E-state index in [0.717, 1.165) is 36.4 Å². The fourth-order valence-electron chi connectivity index (χ4n) is 3.53. The van der Waals surface area contributed by atoms with Crippen molar-refractivity contribution in [2.75, 3.05) is 0 Å². The number of alkyl halides is 3. The maximum absolute atomic E-state index is 13.9. The molecule has 176 valence electrons. The highest BCUT2D eigenvalue weighted by atomic mass is 19.4. The van der Waals surface area contributed by atoms with Crippen LogP contribution in [0.2, 0.25) is 0 Å². The van der Waals surface area contributed by atoms with E-state index in [0.29, 0.717) is 10.9 Å². The van der Waals surface area contributed by atoms with Crippen molar-refractivity contribution < 1.29 is 41.3 Å². The number of carboxylic acid groups (broad SMARTS) is 1. The minimum Gasteiger partial charge on any atom is -0.488 e. The molecule has 0 saturated heterocycles. The summed E-state index contributed by atoms with van der Waals surface area (Å²) < 4.78 is 79.3. The zero-order valence-corrected chi connectivity index (χ0v) is 17.3. The van der Waals surface area contributed by atoms with Gasteiger partial charge in [-0.2, -0.15) is 13.2 Å². The van der Waals surface area contributed by atoms with Crippen LogP contribution in [0.3, 0.4) is 0 Å². The summed E-state index contributed by atoms with van der Waals surface area (Å²) in [7, 11) is 0. The first-order valence-corrected chi connectivity index (χ1v) is 9.87. The van der Waals surface area contributed by atoms with E-state index < -0.39 is 36.1 Å². The summed E-state index contributed by atoms with van der Waals surface area (Å²) in [6.07, 6.45) is -4.54. The van der Waals surface area contributed by atoms with Crippen LogP contribution >= 0.6 is 0 Å². The average molecular weight is 477 g/mol. The lowest BCUT2D eigenvalue weighted by Gasteiger charge is -2.16. The molecule has 0 aliphatic rings. The third-order valence-electron chi connectivity index (χ3n) is 5.09. The number of hydrogen-bond donors (Lipinski definition) is 1. The molecule has 1 aromatic heterocycles. The van der Waals surface area contributed by atoms with Crippen LogP contribution in [0.1, 0.15) is 16.7 Å². The van der Waals surface area contributed by atoms with Gasteiger partial charge in [0.15, 0.2) is 0 Å². The molecule has 1 heterocycles. The Morgan fingerprint density at radius 2 is 1.74 bits per heavy atom. The van der Waals surface area contributed by atoms with Crippen molar-refractivity contribution in [1.29, 1.82) is 0 Å². The molecule has 0 aliphatic carbocycles. The Hall–Kier alpha value is -4.08. The van der Waals surface area contributed by atoms with Crippen molar-refractivity contribution in [3.63, 3.8) is 0 Å². The van der Waals surface area contributed by atoms with Crippen molar-refractivity contribution in [2.24, 2.45) is 0 Å². The van der Waals surface area contributed by atoms with Gasteiger partial charge in [0.2, 0.25) is 0 Å². The summed E-state index contributed by atoms with van der Waals surface area (Å²) in [6.45, 7) is -0.476. The summed E-state index contributed by atoms with van der Waals surface area (Å²) in [5, 5.41) is 9.34. The molecule has 0 radical (unpaired) electrons. The fraction of sp³-hybridized carbons (Fsp3) is 0.125. The molecule has 3 aromatic carbocycles. The number of halogens is 5. The van der Waals surface area contributed by atoms with E-state index in [1.165, 1.54) is 6.07 Å². The molecule has 0 spiro atoms. The number of rotatable bonds is 6. The van der Waals surface area contributed by atoms with Crippen LogP contribution in [0, 0.1) is 11.6 Å². The van der Waals surface area contributed by atoms with Crippen LogP contribution in [0.25, 0.3) is 10.9 Å². The lowest BCUT2D eigenvalue weighted by Crippen LogP contribution is -2.09. The first-order chi connectivity index (χ1) is 16.1. The molecular weight excluding hydrogens is 461 g/mol. The van der Waals surface area contributed by atoms with E-state index >= 15 is 0 Å². The third kappa shape index (κ3) is 4.95. The van der Waals surface area contributed by atoms with Gasteiger partial charge in [0, 0.05) is 22.7 Å². The summed E-state index contributed by atoms with van der Waals surface area (Å²) in [5.74, 6) is -1.26. The molecule has 0 aliphatic heterocycles. The number of carbonyl (C=O) groups is 1. The Labute approximate surface area is 189 Å². The van der Waals surface area contributed by atoms with Gasteiger partial charge >= 0.3 is 12.3 Å². The molecule has 34 heavy (non-hydrogen) atoms. The standard InChI is InChI=1S/C24H16F5NO4/c25-17-5-6-19(26)15(11-17)13-33-21-7-4-16(24(27,28)29)10-14(21)12-30-9-8-18-20(30)2-1-3-22(18)34-23(31)32/h1-11H,12-13H2,(H,31,32). The van der Waals surface area contributed by atoms with E-state index in [4.69, 9.17) is 14.6 Å². The van der Waals surface area contributed by atoms with Crippen LogP contribution < -0.4 is 9.47 Å². The summed E-state index contributed by atoms with van der Waals surface area (Å²) in [5.41, 5.74) is -0.349. The van der Waals surface area contributed by atoms with Crippen LogP contribution in [-0.4, -0.2) is 15.8 Å². The topological polar surface area (TPSA) is 60.7 Å². The number of aromatic nitrogens is 1. The first-order valence-electron chi connectivity index (χ1n) is 9.87. The molecule has 0 saturated carbocycles. The molecule has 1 N–H and O–H groups in total. The second-order valence-corrected chi connectivity index (χ2v) is 7.35. The normalized spacial score (nSPS) is 11.6. The van der Waals surface area contributed by atoms with E-state index in [1.807, 2.05) is 0 Å². The maximum Gasteiger partial charge on any atom is 0.511 e. The minimum atomic E-state index is -4.61. The average Bonchev–Trinajstić information content (AvgIpc) is 3.18. The molecule has 0 amide bonds. The quantitative estimate of drug-likeness (QED) is 0.193. The molecule has 0 atom stereocenters. The Balaban J connectivity index is 1.69. The van der Waals surface area contributed by atoms with Crippen LogP contribution in [-0.2, 0) is 19.3 Å². The SMILES string of the molecule is O=C(O)Oc1cccc2c1ccn2Cc1cc(C(F)(F)F)ccc1OCc1cc(F)ccc1F. The Kier molecular flexibility index (Phi) is 6.14. The van der Waals surface area contributed by atoms with Crippen molar-refractivity contribution in [2.45, 2.75) is 19.3 Å². The third-order valence-corrected chi connectivity index (χ3v) is 5.09. The van der Waals surface area contributed by atoms with Crippen molar-refractivity contribution in [3.05, 3.63) is 95.2 Å². The van der Waals surface area contributed by atoms with Crippen molar-refractivity contribution in [3.8, 4) is 11.5 Å². The van der Waals surface area contributed by atoms with Gasteiger partial charge in [-0.05, 0) is 54.6 Å². The lowest BCUT2D eigenvalue weighted by atomic mass is 10.1. The van der Waals surface area contributed by atoms with Crippen LogP contribution in [0.15, 0.2) is 66.9 Å². The van der Waals surface area contributed by atoms with Gasteiger partial charge in [0.05, 0.1) is 17.6 Å². The largest absolute Gasteiger partial charge is 0.511 e. The number of hydrogen-bond acceptors (Lipinski definition) is 3. The smallest absolute Gasteiger partial charge is 0.488 e. The van der Waals surface area contributed by atoms with Gasteiger partial charge in [0.25, 0.3) is 0 Å². The Bertz CT molecular complexity index is 1360. The van der Waals surface area contributed by atoms with Gasteiger partial charge in [-0.1, -0.05) is 6.07 Å². The van der Waals surface area contributed by atoms with E-state index in [-0.39, 0.29) is 29.2 Å². The van der Waals surface area contributed by atoms with E-state index in [2.05, 4.69) is 0 Å². The molecule has 0 fully saturated rings. The molecular formula is C24H16F5NO4. The Morgan fingerprint density at radius 1 is 0.941 bits per heavy atom. The molecule has 0 unspecified atom stereocenters. The summed E-state index contributed by atoms with van der Waals surface area (Å²) in [4.78, 5) is 10.9. The molecule has 4 rings (SSSR count). The second kappa shape index (κ2) is 9.05. The van der Waals surface area contributed by atoms with Gasteiger partial charge in [0.1, 0.15) is 29.7 Å². The van der Waals surface area contributed by atoms with Crippen LogP contribution in [0.5, 0.6) is 11.5 Å². The van der Waals surface area contributed by atoms with E-state index in [1.54, 1.807) is 29.0 Å². The zero-order chi connectivity index (χ0) is 24.5. The first kappa shape index (κ1) is 23.1. The van der Waals surface area contributed by atoms with Gasteiger partial charge in [-0.25, -0.2) is 13.6 Å². The molecule has 4 aromatic rings. The monoisotopic (exact) mass is 477 g/mol. The van der Waals surface area contributed by atoms with E-state index in [9.17, 15) is 26.7 Å². The molecule has 0 bridgehead atoms. The fourth-order valence-corrected chi connectivity index (χ4v) is 3.53. The van der Waals surface area contributed by atoms with Crippen molar-refractivity contribution in [1.82, 2.24) is 4.57 Å². The lowest BCUT2D eigenvalue weighted by molar-refractivity contribution is -0.137. The summed E-state index contributed by atoms with van der Waals surface area (Å²) >= 11 is 0. The highest BCUT2D eigenvalue weighted by Gasteiger charge is 2.31. The van der Waals surface area contributed by atoms with Crippen LogP contribution in [0.4, 0.5) is 26.7 Å².